The number of nitrogens with one attached hydrogen (secondary N) is 1. The van der Waals surface area contributed by atoms with Crippen molar-refractivity contribution in [3.05, 3.63) is 70.6 Å². The van der Waals surface area contributed by atoms with Gasteiger partial charge < -0.3 is 16.2 Å². The summed E-state index contributed by atoms with van der Waals surface area (Å²) in [7, 11) is 0. The molecular weight excluding hydrogens is 430 g/mol. The molecule has 4 N–H and O–H groups in total. The number of carbonyl (C=O) groups excluding carboxylic acids is 1. The number of aryl methyl sites for hydroxylation is 1. The monoisotopic (exact) mass is 444 g/mol. The number of anilines is 2. The number of hydrogen-bond donors (Lipinski definition) is 3. The Balaban J connectivity index is 1.63. The summed E-state index contributed by atoms with van der Waals surface area (Å²) < 4.78 is 28.7. The molecule has 1 amide bonds. The first kappa shape index (κ1) is 20.6. The fourth-order valence-corrected chi connectivity index (χ4v) is 3.38. The van der Waals surface area contributed by atoms with Crippen LogP contribution in [0.25, 0.3) is 16.7 Å². The fraction of sp³-hybridized carbons (Fsp3) is 0.100. The molecule has 0 fully saturated rings. The molecule has 2 aromatic carbocycles. The summed E-state index contributed by atoms with van der Waals surface area (Å²) in [5, 5.41) is 17.1. The molecule has 0 aliphatic heterocycles. The second-order valence-corrected chi connectivity index (χ2v) is 7.08. The Morgan fingerprint density at radius 2 is 2.00 bits per heavy atom. The van der Waals surface area contributed by atoms with Crippen LogP contribution < -0.4 is 11.1 Å². The highest BCUT2D eigenvalue weighted by molar-refractivity contribution is 6.32. The number of aliphatic hydroxyl groups is 1. The molecule has 0 saturated heterocycles. The highest BCUT2D eigenvalue weighted by Gasteiger charge is 2.22. The molecule has 0 aliphatic carbocycles. The van der Waals surface area contributed by atoms with Crippen LogP contribution in [0.3, 0.4) is 0 Å². The van der Waals surface area contributed by atoms with Gasteiger partial charge >= 0.3 is 0 Å². The summed E-state index contributed by atoms with van der Waals surface area (Å²) in [5.74, 6) is -2.41. The molecule has 0 aliphatic rings. The van der Waals surface area contributed by atoms with E-state index in [2.05, 4.69) is 20.4 Å². The average molecular weight is 445 g/mol. The summed E-state index contributed by atoms with van der Waals surface area (Å²) in [4.78, 5) is 20.5. The lowest BCUT2D eigenvalue weighted by atomic mass is 10.1. The van der Waals surface area contributed by atoms with Gasteiger partial charge in [-0.1, -0.05) is 11.6 Å². The number of halogens is 3. The molecule has 2 aromatic heterocycles. The maximum atomic E-state index is 13.8. The van der Waals surface area contributed by atoms with Gasteiger partial charge in [-0.05, 0) is 43.3 Å². The van der Waals surface area contributed by atoms with Gasteiger partial charge in [-0.15, -0.1) is 0 Å². The molecule has 0 bridgehead atoms. The van der Waals surface area contributed by atoms with Gasteiger partial charge in [0.15, 0.2) is 11.9 Å². The minimum Gasteiger partial charge on any atom is -0.382 e. The molecule has 0 spiro atoms. The SMILES string of the molecule is Cc1nn(-c2ccc(NC(=O)C(O)c3cc(F)ccc3F)cc2Cl)c2c(N)ncnc12. The lowest BCUT2D eigenvalue weighted by Crippen LogP contribution is -2.22. The van der Waals surface area contributed by atoms with Gasteiger partial charge in [-0.25, -0.2) is 23.4 Å². The Kier molecular flexibility index (Phi) is 5.25. The van der Waals surface area contributed by atoms with E-state index in [1.54, 1.807) is 13.0 Å². The third-order valence-electron chi connectivity index (χ3n) is 4.60. The van der Waals surface area contributed by atoms with Crippen LogP contribution in [-0.4, -0.2) is 30.8 Å². The first-order chi connectivity index (χ1) is 14.8. The predicted octanol–water partition coefficient (Wildman–Crippen LogP) is 3.31. The van der Waals surface area contributed by atoms with Crippen LogP contribution in [0.15, 0.2) is 42.7 Å². The van der Waals surface area contributed by atoms with Gasteiger partial charge in [0.05, 0.1) is 16.4 Å². The van der Waals surface area contributed by atoms with Crippen molar-refractivity contribution in [2.24, 2.45) is 0 Å². The Morgan fingerprint density at radius 1 is 1.23 bits per heavy atom. The Morgan fingerprint density at radius 3 is 2.74 bits per heavy atom. The van der Waals surface area contributed by atoms with E-state index in [1.807, 2.05) is 0 Å². The lowest BCUT2D eigenvalue weighted by Gasteiger charge is -2.14. The van der Waals surface area contributed by atoms with E-state index in [4.69, 9.17) is 17.3 Å². The largest absolute Gasteiger partial charge is 0.382 e. The fourth-order valence-electron chi connectivity index (χ4n) is 3.12. The number of aromatic nitrogens is 4. The zero-order valence-electron chi connectivity index (χ0n) is 16.0. The average Bonchev–Trinajstić information content (AvgIpc) is 3.07. The highest BCUT2D eigenvalue weighted by atomic mass is 35.5. The number of nitrogens with zero attached hydrogens (tertiary/aromatic N) is 4. The second-order valence-electron chi connectivity index (χ2n) is 6.68. The van der Waals surface area contributed by atoms with Crippen molar-refractivity contribution in [3.8, 4) is 5.69 Å². The second kappa shape index (κ2) is 7.89. The first-order valence-corrected chi connectivity index (χ1v) is 9.33. The molecule has 4 rings (SSSR count). The number of aliphatic hydroxyl groups excluding tert-OH is 1. The third-order valence-corrected chi connectivity index (χ3v) is 4.90. The quantitative estimate of drug-likeness (QED) is 0.444. The van der Waals surface area contributed by atoms with Crippen LogP contribution in [0.1, 0.15) is 17.4 Å². The van der Waals surface area contributed by atoms with Crippen LogP contribution >= 0.6 is 11.6 Å². The third kappa shape index (κ3) is 3.78. The van der Waals surface area contributed by atoms with E-state index in [1.165, 1.54) is 23.1 Å². The minimum atomic E-state index is -1.91. The molecule has 8 nitrogen and oxygen atoms in total. The zero-order valence-corrected chi connectivity index (χ0v) is 16.7. The van der Waals surface area contributed by atoms with Gasteiger partial charge in [-0.2, -0.15) is 5.10 Å². The summed E-state index contributed by atoms with van der Waals surface area (Å²) in [6.07, 6.45) is -0.576. The van der Waals surface area contributed by atoms with E-state index in [0.717, 1.165) is 18.2 Å². The van der Waals surface area contributed by atoms with Crippen LogP contribution in [0.2, 0.25) is 5.02 Å². The Bertz CT molecular complexity index is 1330. The smallest absolute Gasteiger partial charge is 0.257 e. The van der Waals surface area contributed by atoms with Gasteiger partial charge in [0, 0.05) is 11.3 Å². The van der Waals surface area contributed by atoms with Crippen molar-refractivity contribution >= 4 is 40.0 Å². The molecule has 11 heteroatoms. The van der Waals surface area contributed by atoms with E-state index < -0.39 is 29.2 Å². The minimum absolute atomic E-state index is 0.205. The van der Waals surface area contributed by atoms with Gasteiger partial charge in [0.1, 0.15) is 29.0 Å². The number of nitrogen functional groups attached to an aromatic ring is 1. The van der Waals surface area contributed by atoms with E-state index >= 15 is 0 Å². The normalized spacial score (nSPS) is 12.2. The molecule has 0 radical (unpaired) electrons. The zero-order chi connectivity index (χ0) is 22.3. The van der Waals surface area contributed by atoms with Crippen molar-refractivity contribution in [2.75, 3.05) is 11.1 Å². The molecular formula is C20H15ClF2N6O2. The number of benzene rings is 2. The standard InChI is InChI=1S/C20H15ClF2N6O2/c1-9-16-17(19(24)26-8-25-16)29(28-9)15-5-3-11(7-13(15)21)27-20(31)18(30)12-6-10(22)2-4-14(12)23/h2-8,18,30H,1H3,(H,27,31)(H2,24,25,26). The number of fused-ring (bicyclic) bond motifs is 1. The number of amides is 1. The lowest BCUT2D eigenvalue weighted by molar-refractivity contribution is -0.124. The molecule has 4 aromatic rings. The summed E-state index contributed by atoms with van der Waals surface area (Å²) in [5.41, 5.74) is 7.85. The van der Waals surface area contributed by atoms with Crippen LogP contribution in [0.4, 0.5) is 20.3 Å². The van der Waals surface area contributed by atoms with Crippen LogP contribution in [-0.2, 0) is 4.79 Å². The molecule has 1 atom stereocenters. The predicted molar refractivity (Wildman–Crippen MR) is 111 cm³/mol. The number of hydrogen-bond acceptors (Lipinski definition) is 6. The maximum Gasteiger partial charge on any atom is 0.257 e. The van der Waals surface area contributed by atoms with Crippen molar-refractivity contribution in [2.45, 2.75) is 13.0 Å². The number of rotatable bonds is 4. The van der Waals surface area contributed by atoms with E-state index in [0.29, 0.717) is 22.4 Å². The van der Waals surface area contributed by atoms with Crippen molar-refractivity contribution in [1.82, 2.24) is 19.7 Å². The topological polar surface area (TPSA) is 119 Å². The molecule has 158 valence electrons. The van der Waals surface area contributed by atoms with E-state index in [-0.39, 0.29) is 16.5 Å². The van der Waals surface area contributed by atoms with Crippen LogP contribution in [0, 0.1) is 18.6 Å². The van der Waals surface area contributed by atoms with E-state index in [9.17, 15) is 18.7 Å². The van der Waals surface area contributed by atoms with Gasteiger partial charge in [0.25, 0.3) is 5.91 Å². The van der Waals surface area contributed by atoms with Gasteiger partial charge in [-0.3, -0.25) is 4.79 Å². The van der Waals surface area contributed by atoms with Crippen LogP contribution in [0.5, 0.6) is 0 Å². The molecule has 0 saturated carbocycles. The van der Waals surface area contributed by atoms with Crippen molar-refractivity contribution in [3.63, 3.8) is 0 Å². The molecule has 1 unspecified atom stereocenters. The first-order valence-electron chi connectivity index (χ1n) is 8.96. The summed E-state index contributed by atoms with van der Waals surface area (Å²) >= 11 is 6.39. The van der Waals surface area contributed by atoms with Gasteiger partial charge in [0.2, 0.25) is 0 Å². The van der Waals surface area contributed by atoms with Crippen molar-refractivity contribution in [1.29, 1.82) is 0 Å². The Hall–Kier alpha value is -3.63. The highest BCUT2D eigenvalue weighted by Crippen LogP contribution is 2.30. The molecule has 2 heterocycles. The van der Waals surface area contributed by atoms with Crippen molar-refractivity contribution < 1.29 is 18.7 Å². The summed E-state index contributed by atoms with van der Waals surface area (Å²) in [6, 6.07) is 6.99. The molecule has 31 heavy (non-hydrogen) atoms. The maximum absolute atomic E-state index is 13.8. The number of carbonyl (C=O) groups is 1. The Labute approximate surface area is 179 Å². The summed E-state index contributed by atoms with van der Waals surface area (Å²) in [6.45, 7) is 1.76. The number of nitrogens with two attached hydrogens (primary N) is 1.